The molecular weight excluding hydrogens is 436 g/mol. The van der Waals surface area contributed by atoms with E-state index < -0.39 is 15.9 Å². The van der Waals surface area contributed by atoms with Gasteiger partial charge in [0.25, 0.3) is 10.0 Å². The van der Waals surface area contributed by atoms with Crippen LogP contribution in [0.3, 0.4) is 0 Å². The van der Waals surface area contributed by atoms with Crippen LogP contribution in [0.15, 0.2) is 70.3 Å². The van der Waals surface area contributed by atoms with E-state index in [-0.39, 0.29) is 16.8 Å². The van der Waals surface area contributed by atoms with E-state index in [1.54, 1.807) is 29.9 Å². The van der Waals surface area contributed by atoms with Crippen molar-refractivity contribution in [2.45, 2.75) is 10.8 Å². The fourth-order valence-corrected chi connectivity index (χ4v) is 5.09. The number of carbonyl (C=O) groups excluding carboxylic acids is 1. The van der Waals surface area contributed by atoms with E-state index in [1.165, 1.54) is 35.9 Å². The van der Waals surface area contributed by atoms with E-state index in [1.807, 2.05) is 12.1 Å². The third-order valence-electron chi connectivity index (χ3n) is 4.70. The molecule has 0 aliphatic carbocycles. The Labute approximate surface area is 181 Å². The largest absolute Gasteiger partial charge is 0.325 e. The summed E-state index contributed by atoms with van der Waals surface area (Å²) in [7, 11) is -3.82. The van der Waals surface area contributed by atoms with Gasteiger partial charge in [0.15, 0.2) is 0 Å². The number of nitrogens with one attached hydrogen (secondary N) is 2. The Morgan fingerprint density at radius 2 is 1.84 bits per heavy atom. The lowest BCUT2D eigenvalue weighted by atomic mass is 10.0. The van der Waals surface area contributed by atoms with Crippen molar-refractivity contribution in [3.63, 3.8) is 0 Å². The van der Waals surface area contributed by atoms with Crippen LogP contribution in [0.4, 0.5) is 17.3 Å². The minimum absolute atomic E-state index is 0.00936. The van der Waals surface area contributed by atoms with Crippen LogP contribution in [0.1, 0.15) is 11.5 Å². The summed E-state index contributed by atoms with van der Waals surface area (Å²) in [4.78, 5) is 28.9. The number of anilines is 2. The number of hydrogen-bond donors (Lipinski definition) is 2. The van der Waals surface area contributed by atoms with E-state index in [0.29, 0.717) is 5.69 Å². The molecule has 5 rings (SSSR count). The second-order valence-corrected chi connectivity index (χ2v) is 9.18. The topological polar surface area (TPSA) is 126 Å². The predicted octanol–water partition coefficient (Wildman–Crippen LogP) is 3.33. The highest BCUT2D eigenvalue weighted by Gasteiger charge is 2.31. The highest BCUT2D eigenvalue weighted by Crippen LogP contribution is 2.39. The standard InChI is InChI=1S/C20H14N6O3S2/c27-19-14(17-15(25-19)6-7-16-18(17)30-11-24-16)10-23-12-2-4-13(5-3-12)31(28,29)26-20-21-8-1-9-22-20/h1-11,14H,(H,25,27)(H,21,22,26). The molecule has 1 aliphatic heterocycles. The Hall–Kier alpha value is -3.70. The number of hydrogen-bond acceptors (Lipinski definition) is 8. The van der Waals surface area contributed by atoms with Crippen LogP contribution in [0.2, 0.25) is 0 Å². The van der Waals surface area contributed by atoms with Crippen molar-refractivity contribution in [3.8, 4) is 0 Å². The first kappa shape index (κ1) is 19.3. The van der Waals surface area contributed by atoms with Gasteiger partial charge in [0.05, 0.1) is 26.3 Å². The average molecular weight is 451 g/mol. The normalized spacial score (nSPS) is 15.9. The minimum atomic E-state index is -3.82. The molecule has 2 aromatic heterocycles. The SMILES string of the molecule is O=C1Nc2ccc3ncsc3c2C1C=Nc1ccc(S(=O)(=O)Nc2ncccn2)cc1. The molecule has 1 aliphatic rings. The number of amides is 1. The van der Waals surface area contributed by atoms with E-state index in [4.69, 9.17) is 0 Å². The number of thiazole rings is 1. The number of nitrogens with zero attached hydrogens (tertiary/aromatic N) is 4. The molecule has 2 N–H and O–H groups in total. The van der Waals surface area contributed by atoms with Crippen molar-refractivity contribution in [2.24, 2.45) is 4.99 Å². The third kappa shape index (κ3) is 3.64. The van der Waals surface area contributed by atoms with Gasteiger partial charge in [-0.2, -0.15) is 0 Å². The molecule has 1 atom stereocenters. The van der Waals surface area contributed by atoms with Gasteiger partial charge in [-0.1, -0.05) is 0 Å². The minimum Gasteiger partial charge on any atom is -0.325 e. The molecule has 1 amide bonds. The van der Waals surface area contributed by atoms with Crippen molar-refractivity contribution in [1.82, 2.24) is 15.0 Å². The molecule has 3 heterocycles. The van der Waals surface area contributed by atoms with Crippen LogP contribution in [0, 0.1) is 0 Å². The molecule has 4 aromatic rings. The van der Waals surface area contributed by atoms with Crippen molar-refractivity contribution in [2.75, 3.05) is 10.0 Å². The average Bonchev–Trinajstić information content (AvgIpc) is 3.36. The number of benzene rings is 2. The van der Waals surface area contributed by atoms with E-state index in [9.17, 15) is 13.2 Å². The maximum Gasteiger partial charge on any atom is 0.264 e. The molecule has 11 heteroatoms. The lowest BCUT2D eigenvalue weighted by molar-refractivity contribution is -0.115. The monoisotopic (exact) mass is 450 g/mol. The van der Waals surface area contributed by atoms with Crippen molar-refractivity contribution in [1.29, 1.82) is 0 Å². The van der Waals surface area contributed by atoms with Crippen LogP contribution in [-0.4, -0.2) is 35.5 Å². The lowest BCUT2D eigenvalue weighted by Crippen LogP contribution is -2.14. The molecule has 0 saturated carbocycles. The van der Waals surface area contributed by atoms with Gasteiger partial charge in [-0.3, -0.25) is 9.79 Å². The van der Waals surface area contributed by atoms with Crippen LogP contribution < -0.4 is 10.0 Å². The first-order chi connectivity index (χ1) is 15.0. The van der Waals surface area contributed by atoms with Crippen LogP contribution >= 0.6 is 11.3 Å². The first-order valence-corrected chi connectivity index (χ1v) is 11.5. The molecule has 154 valence electrons. The number of sulfonamides is 1. The smallest absolute Gasteiger partial charge is 0.264 e. The highest BCUT2D eigenvalue weighted by atomic mass is 32.2. The van der Waals surface area contributed by atoms with Gasteiger partial charge in [-0.05, 0) is 42.5 Å². The molecular formula is C20H14N6O3S2. The number of aliphatic imine (C=N–C) groups is 1. The van der Waals surface area contributed by atoms with Gasteiger partial charge >= 0.3 is 0 Å². The molecule has 9 nitrogen and oxygen atoms in total. The maximum absolute atomic E-state index is 12.5. The zero-order chi connectivity index (χ0) is 21.4. The van der Waals surface area contributed by atoms with Crippen molar-refractivity contribution < 1.29 is 13.2 Å². The molecule has 0 fully saturated rings. The number of rotatable bonds is 5. The Kier molecular flexibility index (Phi) is 4.68. The molecule has 1 unspecified atom stereocenters. The number of carbonyl (C=O) groups is 1. The Balaban J connectivity index is 1.38. The van der Waals surface area contributed by atoms with Gasteiger partial charge in [-0.15, -0.1) is 11.3 Å². The van der Waals surface area contributed by atoms with Crippen molar-refractivity contribution in [3.05, 3.63) is 65.9 Å². The van der Waals surface area contributed by atoms with Gasteiger partial charge in [0.1, 0.15) is 5.92 Å². The molecule has 0 spiro atoms. The molecule has 0 saturated heterocycles. The Morgan fingerprint density at radius 1 is 1.06 bits per heavy atom. The lowest BCUT2D eigenvalue weighted by Gasteiger charge is -2.06. The molecule has 31 heavy (non-hydrogen) atoms. The number of fused-ring (bicyclic) bond motifs is 3. The Morgan fingerprint density at radius 3 is 2.61 bits per heavy atom. The fourth-order valence-electron chi connectivity index (χ4n) is 3.25. The molecule has 0 radical (unpaired) electrons. The summed E-state index contributed by atoms with van der Waals surface area (Å²) >= 11 is 1.48. The fraction of sp³-hybridized carbons (Fsp3) is 0.0500. The summed E-state index contributed by atoms with van der Waals surface area (Å²) in [6.45, 7) is 0. The summed E-state index contributed by atoms with van der Waals surface area (Å²) in [5.41, 5.74) is 4.72. The van der Waals surface area contributed by atoms with Crippen LogP contribution in [0.25, 0.3) is 10.2 Å². The zero-order valence-corrected chi connectivity index (χ0v) is 17.4. The maximum atomic E-state index is 12.5. The zero-order valence-electron chi connectivity index (χ0n) is 15.8. The summed E-state index contributed by atoms with van der Waals surface area (Å²) in [5.74, 6) is -0.713. The van der Waals surface area contributed by atoms with Crippen LogP contribution in [-0.2, 0) is 14.8 Å². The summed E-state index contributed by atoms with van der Waals surface area (Å²) < 4.78 is 28.2. The summed E-state index contributed by atoms with van der Waals surface area (Å²) in [5, 5.41) is 2.87. The van der Waals surface area contributed by atoms with E-state index in [0.717, 1.165) is 21.5 Å². The van der Waals surface area contributed by atoms with E-state index in [2.05, 4.69) is 30.0 Å². The second kappa shape index (κ2) is 7.52. The van der Waals surface area contributed by atoms with E-state index >= 15 is 0 Å². The molecule has 2 aromatic carbocycles. The first-order valence-electron chi connectivity index (χ1n) is 9.12. The second-order valence-electron chi connectivity index (χ2n) is 6.64. The third-order valence-corrected chi connectivity index (χ3v) is 6.92. The van der Waals surface area contributed by atoms with Gasteiger partial charge in [-0.25, -0.2) is 28.1 Å². The van der Waals surface area contributed by atoms with Gasteiger partial charge < -0.3 is 5.32 Å². The quantitative estimate of drug-likeness (QED) is 0.449. The van der Waals surface area contributed by atoms with Crippen molar-refractivity contribution >= 4 is 61.0 Å². The number of aromatic nitrogens is 3. The van der Waals surface area contributed by atoms with Gasteiger partial charge in [0.2, 0.25) is 11.9 Å². The molecule has 0 bridgehead atoms. The summed E-state index contributed by atoms with van der Waals surface area (Å²) in [6, 6.07) is 11.3. The van der Waals surface area contributed by atoms with Gasteiger partial charge in [0, 0.05) is 29.9 Å². The van der Waals surface area contributed by atoms with Crippen LogP contribution in [0.5, 0.6) is 0 Å². The predicted molar refractivity (Wildman–Crippen MR) is 118 cm³/mol. The Bertz CT molecular complexity index is 1420. The highest BCUT2D eigenvalue weighted by molar-refractivity contribution is 7.92. The summed E-state index contributed by atoms with van der Waals surface area (Å²) in [6.07, 6.45) is 4.46.